The van der Waals surface area contributed by atoms with Gasteiger partial charge in [0.15, 0.2) is 5.16 Å². The quantitative estimate of drug-likeness (QED) is 0.563. The first kappa shape index (κ1) is 21.1. The molecule has 0 atom stereocenters. The van der Waals surface area contributed by atoms with Gasteiger partial charge in [-0.1, -0.05) is 73.6 Å². The van der Waals surface area contributed by atoms with Gasteiger partial charge in [0, 0.05) is 13.0 Å². The van der Waals surface area contributed by atoms with Crippen LogP contribution < -0.4 is 5.32 Å². The third-order valence-electron chi connectivity index (χ3n) is 4.54. The molecule has 152 valence electrons. The Morgan fingerprint density at radius 1 is 1.10 bits per heavy atom. The van der Waals surface area contributed by atoms with Crippen LogP contribution in [-0.4, -0.2) is 33.0 Å². The summed E-state index contributed by atoms with van der Waals surface area (Å²) < 4.78 is 2.09. The number of amides is 1. The first-order valence-electron chi connectivity index (χ1n) is 9.89. The monoisotopic (exact) mass is 408 g/mol. The zero-order valence-electron chi connectivity index (χ0n) is 17.5. The molecule has 5 nitrogen and oxygen atoms in total. The number of carbonyl (C=O) groups is 1. The van der Waals surface area contributed by atoms with Crippen LogP contribution in [0, 0.1) is 19.8 Å². The summed E-state index contributed by atoms with van der Waals surface area (Å²) in [4.78, 5) is 12.2. The van der Waals surface area contributed by atoms with Crippen molar-refractivity contribution >= 4 is 17.7 Å². The van der Waals surface area contributed by atoms with E-state index < -0.39 is 0 Å². The predicted octanol–water partition coefficient (Wildman–Crippen LogP) is 4.34. The van der Waals surface area contributed by atoms with Crippen LogP contribution in [0.25, 0.3) is 5.69 Å². The normalized spacial score (nSPS) is 11.1. The zero-order chi connectivity index (χ0) is 20.8. The van der Waals surface area contributed by atoms with E-state index in [1.807, 2.05) is 18.2 Å². The van der Waals surface area contributed by atoms with Crippen molar-refractivity contribution in [2.75, 3.05) is 12.3 Å². The Labute approximate surface area is 176 Å². The molecule has 0 aliphatic rings. The maximum Gasteiger partial charge on any atom is 0.230 e. The molecule has 0 radical (unpaired) electrons. The van der Waals surface area contributed by atoms with Crippen LogP contribution in [0.4, 0.5) is 0 Å². The van der Waals surface area contributed by atoms with Crippen LogP contribution in [0.1, 0.15) is 36.4 Å². The van der Waals surface area contributed by atoms with Gasteiger partial charge in [-0.15, -0.1) is 10.2 Å². The molecule has 3 rings (SSSR count). The molecule has 29 heavy (non-hydrogen) atoms. The van der Waals surface area contributed by atoms with Gasteiger partial charge in [-0.05, 0) is 37.0 Å². The molecule has 0 spiro atoms. The summed E-state index contributed by atoms with van der Waals surface area (Å²) >= 11 is 1.42. The second-order valence-electron chi connectivity index (χ2n) is 7.67. The third kappa shape index (κ3) is 5.70. The third-order valence-corrected chi connectivity index (χ3v) is 5.47. The molecule has 1 N–H and O–H groups in total. The fourth-order valence-electron chi connectivity index (χ4n) is 3.08. The summed E-state index contributed by atoms with van der Waals surface area (Å²) in [6, 6.07) is 16.6. The van der Waals surface area contributed by atoms with E-state index in [1.165, 1.54) is 22.9 Å². The molecule has 1 heterocycles. The SMILES string of the molecule is Cc1ccc(-n2c(Cc3ccccc3)nnc2SCC(=O)NCC(C)C)c(C)c1. The van der Waals surface area contributed by atoms with Crippen LogP contribution in [0.15, 0.2) is 53.7 Å². The standard InChI is InChI=1S/C23H28N4OS/c1-16(2)14-24-22(28)15-29-23-26-25-21(13-19-8-6-5-7-9-19)27(23)20-11-10-17(3)12-18(20)4/h5-12,16H,13-15H2,1-4H3,(H,24,28). The van der Waals surface area contributed by atoms with Gasteiger partial charge >= 0.3 is 0 Å². The summed E-state index contributed by atoms with van der Waals surface area (Å²) in [6.07, 6.45) is 0.682. The van der Waals surface area contributed by atoms with Crippen LogP contribution in [0.2, 0.25) is 0 Å². The largest absolute Gasteiger partial charge is 0.355 e. The molecule has 3 aromatic rings. The highest BCUT2D eigenvalue weighted by atomic mass is 32.2. The van der Waals surface area contributed by atoms with Crippen LogP contribution in [-0.2, 0) is 11.2 Å². The van der Waals surface area contributed by atoms with Crippen molar-refractivity contribution in [3.8, 4) is 5.69 Å². The molecule has 2 aromatic carbocycles. The number of rotatable bonds is 8. The topological polar surface area (TPSA) is 59.8 Å². The highest BCUT2D eigenvalue weighted by molar-refractivity contribution is 7.99. The van der Waals surface area contributed by atoms with E-state index in [0.29, 0.717) is 24.6 Å². The number of hydrogen-bond acceptors (Lipinski definition) is 4. The van der Waals surface area contributed by atoms with Crippen molar-refractivity contribution in [1.29, 1.82) is 0 Å². The van der Waals surface area contributed by atoms with Gasteiger partial charge in [-0.2, -0.15) is 0 Å². The highest BCUT2D eigenvalue weighted by Gasteiger charge is 2.17. The molecule has 6 heteroatoms. The number of thioether (sulfide) groups is 1. The number of aryl methyl sites for hydroxylation is 2. The Morgan fingerprint density at radius 3 is 2.55 bits per heavy atom. The maximum absolute atomic E-state index is 12.2. The van der Waals surface area contributed by atoms with Crippen LogP contribution in [0.3, 0.4) is 0 Å². The van der Waals surface area contributed by atoms with Crippen LogP contribution >= 0.6 is 11.8 Å². The number of nitrogens with one attached hydrogen (secondary N) is 1. The van der Waals surface area contributed by atoms with Gasteiger partial charge in [0.05, 0.1) is 11.4 Å². The minimum Gasteiger partial charge on any atom is -0.355 e. The van der Waals surface area contributed by atoms with E-state index in [4.69, 9.17) is 0 Å². The van der Waals surface area contributed by atoms with E-state index in [-0.39, 0.29) is 5.91 Å². The minimum atomic E-state index is 0.0171. The lowest BCUT2D eigenvalue weighted by Gasteiger charge is -2.14. The number of nitrogens with zero attached hydrogens (tertiary/aromatic N) is 3. The lowest BCUT2D eigenvalue weighted by Crippen LogP contribution is -2.28. The Bertz CT molecular complexity index is 966. The molecular weight excluding hydrogens is 380 g/mol. The summed E-state index contributed by atoms with van der Waals surface area (Å²) in [5, 5.41) is 12.6. The van der Waals surface area contributed by atoms with Gasteiger partial charge < -0.3 is 5.32 Å². The molecule has 0 saturated heterocycles. The minimum absolute atomic E-state index is 0.0171. The van der Waals surface area contributed by atoms with E-state index in [1.54, 1.807) is 0 Å². The second kappa shape index (κ2) is 9.74. The van der Waals surface area contributed by atoms with Crippen LogP contribution in [0.5, 0.6) is 0 Å². The molecule has 0 unspecified atom stereocenters. The average Bonchev–Trinajstić information content (AvgIpc) is 3.08. The average molecular weight is 409 g/mol. The fraction of sp³-hybridized carbons (Fsp3) is 0.348. The van der Waals surface area contributed by atoms with Gasteiger partial charge in [0.25, 0.3) is 0 Å². The number of benzene rings is 2. The number of carbonyl (C=O) groups excluding carboxylic acids is 1. The molecule has 1 aromatic heterocycles. The highest BCUT2D eigenvalue weighted by Crippen LogP contribution is 2.26. The molecule has 1 amide bonds. The fourth-order valence-corrected chi connectivity index (χ4v) is 3.88. The molecule has 0 aliphatic heterocycles. The smallest absolute Gasteiger partial charge is 0.230 e. The lowest BCUT2D eigenvalue weighted by molar-refractivity contribution is -0.118. The lowest BCUT2D eigenvalue weighted by atomic mass is 10.1. The van der Waals surface area contributed by atoms with Gasteiger partial charge in [0.1, 0.15) is 5.82 Å². The van der Waals surface area contributed by atoms with E-state index in [0.717, 1.165) is 22.2 Å². The Kier molecular flexibility index (Phi) is 7.09. The van der Waals surface area contributed by atoms with E-state index in [9.17, 15) is 4.79 Å². The summed E-state index contributed by atoms with van der Waals surface area (Å²) in [5.41, 5.74) is 4.60. The summed E-state index contributed by atoms with van der Waals surface area (Å²) in [7, 11) is 0. The van der Waals surface area contributed by atoms with Gasteiger partial charge in [0.2, 0.25) is 5.91 Å². The Morgan fingerprint density at radius 2 is 1.86 bits per heavy atom. The number of aromatic nitrogens is 3. The number of hydrogen-bond donors (Lipinski definition) is 1. The molecule has 0 bridgehead atoms. The van der Waals surface area contributed by atoms with Crippen molar-refractivity contribution in [2.45, 2.75) is 39.3 Å². The molecule has 0 aliphatic carbocycles. The molecule has 0 saturated carbocycles. The Hall–Kier alpha value is -2.60. The van der Waals surface area contributed by atoms with E-state index >= 15 is 0 Å². The van der Waals surface area contributed by atoms with Crippen molar-refractivity contribution < 1.29 is 4.79 Å². The summed E-state index contributed by atoms with van der Waals surface area (Å²) in [6.45, 7) is 9.03. The first-order chi connectivity index (χ1) is 13.9. The van der Waals surface area contributed by atoms with Crippen molar-refractivity contribution in [3.63, 3.8) is 0 Å². The van der Waals surface area contributed by atoms with Gasteiger partial charge in [-0.25, -0.2) is 0 Å². The van der Waals surface area contributed by atoms with Crippen molar-refractivity contribution in [2.24, 2.45) is 5.92 Å². The summed E-state index contributed by atoms with van der Waals surface area (Å²) in [5.74, 6) is 1.64. The first-order valence-corrected chi connectivity index (χ1v) is 10.9. The predicted molar refractivity (Wildman–Crippen MR) is 119 cm³/mol. The zero-order valence-corrected chi connectivity index (χ0v) is 18.3. The van der Waals surface area contributed by atoms with Crippen molar-refractivity contribution in [1.82, 2.24) is 20.1 Å². The van der Waals surface area contributed by atoms with Crippen molar-refractivity contribution in [3.05, 3.63) is 71.0 Å². The second-order valence-corrected chi connectivity index (χ2v) is 8.62. The van der Waals surface area contributed by atoms with Gasteiger partial charge in [-0.3, -0.25) is 9.36 Å². The molecule has 0 fully saturated rings. The maximum atomic E-state index is 12.2. The molecular formula is C23H28N4OS. The Balaban J connectivity index is 1.88. The van der Waals surface area contributed by atoms with E-state index in [2.05, 4.69) is 78.1 Å².